The molecule has 1 fully saturated rings. The van der Waals surface area contributed by atoms with Crippen molar-refractivity contribution in [2.75, 3.05) is 40.0 Å². The molecule has 1 unspecified atom stereocenters. The molecule has 0 saturated carbocycles. The summed E-state index contributed by atoms with van der Waals surface area (Å²) in [6.45, 7) is 5.72. The van der Waals surface area contributed by atoms with Crippen LogP contribution in [0.15, 0.2) is 23.3 Å². The van der Waals surface area contributed by atoms with Gasteiger partial charge >= 0.3 is 0 Å². The molecule has 0 bridgehead atoms. The second-order valence-corrected chi connectivity index (χ2v) is 6.73. The van der Waals surface area contributed by atoms with Gasteiger partial charge in [0.1, 0.15) is 0 Å². The number of aromatic nitrogens is 1. The zero-order valence-electron chi connectivity index (χ0n) is 16.0. The predicted molar refractivity (Wildman–Crippen MR) is 102 cm³/mol. The number of nitrogens with one attached hydrogen (secondary N) is 2. The maximum absolute atomic E-state index is 9.34. The van der Waals surface area contributed by atoms with Crippen molar-refractivity contribution in [1.29, 1.82) is 0 Å². The van der Waals surface area contributed by atoms with Crippen molar-refractivity contribution in [1.82, 2.24) is 15.6 Å². The van der Waals surface area contributed by atoms with Crippen LogP contribution in [-0.2, 0) is 11.3 Å². The third kappa shape index (κ3) is 6.14. The SMILES string of the molecule is CCCCOc1ncccc1CNC(=NC)NCC1(CCO)CCOC1. The van der Waals surface area contributed by atoms with Crippen LogP contribution in [0.25, 0.3) is 0 Å². The van der Waals surface area contributed by atoms with E-state index in [1.165, 1.54) is 0 Å². The van der Waals surface area contributed by atoms with Crippen molar-refractivity contribution in [2.45, 2.75) is 39.2 Å². The summed E-state index contributed by atoms with van der Waals surface area (Å²) in [5.41, 5.74) is 0.982. The summed E-state index contributed by atoms with van der Waals surface area (Å²) in [5, 5.41) is 16.0. The minimum atomic E-state index is -0.0188. The van der Waals surface area contributed by atoms with Crippen molar-refractivity contribution in [3.8, 4) is 5.88 Å². The Kier molecular flexibility index (Phi) is 8.64. The lowest BCUT2D eigenvalue weighted by Crippen LogP contribution is -2.44. The van der Waals surface area contributed by atoms with Gasteiger partial charge in [-0.3, -0.25) is 4.99 Å². The Balaban J connectivity index is 1.87. The standard InChI is InChI=1S/C19H32N4O3/c1-3-4-11-26-17-16(6-5-9-21-17)13-22-18(20-2)23-14-19(7-10-24)8-12-25-15-19/h5-6,9,24H,3-4,7-8,10-15H2,1-2H3,(H2,20,22,23). The van der Waals surface area contributed by atoms with Crippen molar-refractivity contribution < 1.29 is 14.6 Å². The molecule has 7 heteroatoms. The van der Waals surface area contributed by atoms with Crippen LogP contribution in [0.3, 0.4) is 0 Å². The molecule has 1 aromatic rings. The van der Waals surface area contributed by atoms with Gasteiger partial charge in [0.05, 0.1) is 13.2 Å². The molecule has 2 heterocycles. The van der Waals surface area contributed by atoms with Crippen LogP contribution in [0.2, 0.25) is 0 Å². The molecular formula is C19H32N4O3. The van der Waals surface area contributed by atoms with Gasteiger partial charge in [-0.2, -0.15) is 0 Å². The van der Waals surface area contributed by atoms with E-state index < -0.39 is 0 Å². The lowest BCUT2D eigenvalue weighted by atomic mass is 9.84. The van der Waals surface area contributed by atoms with E-state index >= 15 is 0 Å². The number of nitrogens with zero attached hydrogens (tertiary/aromatic N) is 2. The number of aliphatic hydroxyl groups excluding tert-OH is 1. The summed E-state index contributed by atoms with van der Waals surface area (Å²) in [5.74, 6) is 1.39. The average Bonchev–Trinajstić information content (AvgIpc) is 3.12. The highest BCUT2D eigenvalue weighted by Crippen LogP contribution is 2.31. The summed E-state index contributed by atoms with van der Waals surface area (Å²) in [4.78, 5) is 8.62. The number of rotatable bonds is 10. The maximum atomic E-state index is 9.34. The molecule has 1 aliphatic rings. The Morgan fingerprint density at radius 3 is 3.04 bits per heavy atom. The van der Waals surface area contributed by atoms with Crippen molar-refractivity contribution >= 4 is 5.96 Å². The molecule has 0 amide bonds. The first kappa shape index (κ1) is 20.5. The largest absolute Gasteiger partial charge is 0.477 e. The number of hydrogen-bond donors (Lipinski definition) is 3. The van der Waals surface area contributed by atoms with Crippen LogP contribution in [0.5, 0.6) is 5.88 Å². The van der Waals surface area contributed by atoms with E-state index in [9.17, 15) is 5.11 Å². The minimum absolute atomic E-state index is 0.0188. The van der Waals surface area contributed by atoms with Gasteiger partial charge < -0.3 is 25.2 Å². The van der Waals surface area contributed by atoms with E-state index in [1.807, 2.05) is 12.1 Å². The fourth-order valence-electron chi connectivity index (χ4n) is 2.98. The first-order chi connectivity index (χ1) is 12.7. The molecule has 26 heavy (non-hydrogen) atoms. The van der Waals surface area contributed by atoms with E-state index in [0.29, 0.717) is 25.6 Å². The van der Waals surface area contributed by atoms with Gasteiger partial charge in [0.15, 0.2) is 5.96 Å². The number of pyridine rings is 1. The highest BCUT2D eigenvalue weighted by molar-refractivity contribution is 5.79. The molecule has 2 rings (SSSR count). The fraction of sp³-hybridized carbons (Fsp3) is 0.684. The molecule has 0 radical (unpaired) electrons. The third-order valence-electron chi connectivity index (χ3n) is 4.71. The maximum Gasteiger partial charge on any atom is 0.218 e. The van der Waals surface area contributed by atoms with Gasteiger partial charge in [-0.05, 0) is 25.3 Å². The van der Waals surface area contributed by atoms with Crippen molar-refractivity contribution in [3.05, 3.63) is 23.9 Å². The minimum Gasteiger partial charge on any atom is -0.477 e. The molecule has 7 nitrogen and oxygen atoms in total. The van der Waals surface area contributed by atoms with Gasteiger partial charge in [0, 0.05) is 50.5 Å². The molecule has 1 aromatic heterocycles. The Morgan fingerprint density at radius 1 is 1.46 bits per heavy atom. The predicted octanol–water partition coefficient (Wildman–Crippen LogP) is 1.71. The van der Waals surface area contributed by atoms with Crippen LogP contribution in [0.4, 0.5) is 0 Å². The summed E-state index contributed by atoms with van der Waals surface area (Å²) >= 11 is 0. The Hall–Kier alpha value is -1.86. The zero-order chi connectivity index (χ0) is 18.7. The molecule has 1 saturated heterocycles. The molecule has 1 atom stereocenters. The molecule has 0 aromatic carbocycles. The smallest absolute Gasteiger partial charge is 0.218 e. The van der Waals surface area contributed by atoms with E-state index in [4.69, 9.17) is 9.47 Å². The first-order valence-electron chi connectivity index (χ1n) is 9.43. The fourth-order valence-corrected chi connectivity index (χ4v) is 2.98. The summed E-state index contributed by atoms with van der Waals surface area (Å²) in [6, 6.07) is 3.92. The van der Waals surface area contributed by atoms with Crippen LogP contribution >= 0.6 is 0 Å². The van der Waals surface area contributed by atoms with Crippen molar-refractivity contribution in [2.24, 2.45) is 10.4 Å². The van der Waals surface area contributed by atoms with E-state index in [0.717, 1.165) is 50.4 Å². The zero-order valence-corrected chi connectivity index (χ0v) is 16.0. The molecule has 1 aliphatic heterocycles. The van der Waals surface area contributed by atoms with E-state index in [2.05, 4.69) is 27.5 Å². The Labute approximate surface area is 156 Å². The molecule has 0 aliphatic carbocycles. The van der Waals surface area contributed by atoms with Crippen molar-refractivity contribution in [3.63, 3.8) is 0 Å². The lowest BCUT2D eigenvalue weighted by molar-refractivity contribution is 0.127. The highest BCUT2D eigenvalue weighted by Gasteiger charge is 2.34. The van der Waals surface area contributed by atoms with E-state index in [1.54, 1.807) is 13.2 Å². The first-order valence-corrected chi connectivity index (χ1v) is 9.43. The molecule has 3 N–H and O–H groups in total. The summed E-state index contributed by atoms with van der Waals surface area (Å²) in [6.07, 6.45) is 5.54. The highest BCUT2D eigenvalue weighted by atomic mass is 16.5. The summed E-state index contributed by atoms with van der Waals surface area (Å²) < 4.78 is 11.3. The average molecular weight is 364 g/mol. The Morgan fingerprint density at radius 2 is 2.35 bits per heavy atom. The Bertz CT molecular complexity index is 559. The molecular weight excluding hydrogens is 332 g/mol. The van der Waals surface area contributed by atoms with Gasteiger partial charge in [0.2, 0.25) is 5.88 Å². The topological polar surface area (TPSA) is 88.0 Å². The normalized spacial score (nSPS) is 20.2. The summed E-state index contributed by atoms with van der Waals surface area (Å²) in [7, 11) is 1.75. The molecule has 0 spiro atoms. The van der Waals surface area contributed by atoms with Crippen LogP contribution in [0, 0.1) is 5.41 Å². The molecule has 146 valence electrons. The van der Waals surface area contributed by atoms with Crippen LogP contribution in [0.1, 0.15) is 38.2 Å². The quantitative estimate of drug-likeness (QED) is 0.333. The number of hydrogen-bond acceptors (Lipinski definition) is 5. The number of guanidine groups is 1. The number of unbranched alkanes of at least 4 members (excludes halogenated alkanes) is 1. The monoisotopic (exact) mass is 364 g/mol. The second kappa shape index (κ2) is 11.0. The van der Waals surface area contributed by atoms with Gasteiger partial charge in [-0.25, -0.2) is 4.98 Å². The van der Waals surface area contributed by atoms with Crippen LogP contribution < -0.4 is 15.4 Å². The number of ether oxygens (including phenoxy) is 2. The van der Waals surface area contributed by atoms with Gasteiger partial charge in [-0.1, -0.05) is 19.4 Å². The third-order valence-corrected chi connectivity index (χ3v) is 4.71. The number of aliphatic imine (C=N–C) groups is 1. The van der Waals surface area contributed by atoms with E-state index in [-0.39, 0.29) is 12.0 Å². The van der Waals surface area contributed by atoms with Gasteiger partial charge in [-0.15, -0.1) is 0 Å². The van der Waals surface area contributed by atoms with Crippen LogP contribution in [-0.4, -0.2) is 56.1 Å². The second-order valence-electron chi connectivity index (χ2n) is 6.73. The van der Waals surface area contributed by atoms with Gasteiger partial charge in [0.25, 0.3) is 0 Å². The number of aliphatic hydroxyl groups is 1. The lowest BCUT2D eigenvalue weighted by Gasteiger charge is -2.27.